The average molecular weight is 437 g/mol. The van der Waals surface area contributed by atoms with E-state index < -0.39 is 0 Å². The molecule has 0 saturated carbocycles. The van der Waals surface area contributed by atoms with E-state index in [1.807, 2.05) is 23.1 Å². The lowest BCUT2D eigenvalue weighted by atomic mass is 10.1. The number of amides is 1. The highest BCUT2D eigenvalue weighted by molar-refractivity contribution is 7.98. The van der Waals surface area contributed by atoms with Crippen molar-refractivity contribution in [2.75, 3.05) is 13.1 Å². The van der Waals surface area contributed by atoms with E-state index in [9.17, 15) is 9.59 Å². The van der Waals surface area contributed by atoms with Crippen LogP contribution in [0.5, 0.6) is 0 Å². The number of carbonyl (C=O) groups excluding carboxylic acids is 1. The van der Waals surface area contributed by atoms with Gasteiger partial charge in [0.2, 0.25) is 0 Å². The number of hydrogen-bond acceptors (Lipinski definition) is 5. The predicted octanol–water partition coefficient (Wildman–Crippen LogP) is 4.51. The number of likely N-dealkylation sites (tertiary alicyclic amines) is 1. The summed E-state index contributed by atoms with van der Waals surface area (Å²) in [4.78, 5) is 37.2. The third kappa shape index (κ3) is 4.98. The molecule has 1 aromatic carbocycles. The Hall–Kier alpha value is -2.67. The zero-order valence-corrected chi connectivity index (χ0v) is 18.7. The zero-order valence-electron chi connectivity index (χ0n) is 17.9. The minimum atomic E-state index is -0.0372. The van der Waals surface area contributed by atoms with Gasteiger partial charge < -0.3 is 4.90 Å². The first-order chi connectivity index (χ1) is 15.2. The molecule has 1 amide bonds. The van der Waals surface area contributed by atoms with Crippen LogP contribution in [0, 0.1) is 0 Å². The minimum absolute atomic E-state index is 0.0241. The number of rotatable bonds is 8. The van der Waals surface area contributed by atoms with Crippen LogP contribution >= 0.6 is 11.8 Å². The van der Waals surface area contributed by atoms with E-state index in [1.165, 1.54) is 11.8 Å². The monoisotopic (exact) mass is 436 g/mol. The summed E-state index contributed by atoms with van der Waals surface area (Å²) in [5, 5.41) is 1.25. The first-order valence-corrected chi connectivity index (χ1v) is 12.0. The molecule has 4 rings (SSSR count). The molecular formula is C24H28N4O2S. The summed E-state index contributed by atoms with van der Waals surface area (Å²) in [7, 11) is 0. The van der Waals surface area contributed by atoms with Crippen LogP contribution in [-0.4, -0.2) is 38.4 Å². The van der Waals surface area contributed by atoms with Crippen LogP contribution in [0.15, 0.2) is 52.5 Å². The van der Waals surface area contributed by atoms with Gasteiger partial charge in [0.15, 0.2) is 5.16 Å². The van der Waals surface area contributed by atoms with Crippen molar-refractivity contribution in [3.8, 4) is 0 Å². The molecule has 1 aliphatic rings. The molecule has 31 heavy (non-hydrogen) atoms. The molecule has 0 radical (unpaired) electrons. The number of fused-ring (bicyclic) bond motifs is 1. The molecule has 6 nitrogen and oxygen atoms in total. The van der Waals surface area contributed by atoms with Crippen molar-refractivity contribution >= 4 is 28.6 Å². The quantitative estimate of drug-likeness (QED) is 0.295. The molecule has 0 atom stereocenters. The molecular weight excluding hydrogens is 408 g/mol. The third-order valence-corrected chi connectivity index (χ3v) is 6.63. The van der Waals surface area contributed by atoms with Crippen LogP contribution in [-0.2, 0) is 12.3 Å². The Balaban J connectivity index is 1.69. The van der Waals surface area contributed by atoms with Crippen LogP contribution < -0.4 is 5.56 Å². The number of nitrogens with zero attached hydrogens (tertiary/aromatic N) is 4. The summed E-state index contributed by atoms with van der Waals surface area (Å²) < 4.78 is 1.79. The molecule has 1 aliphatic heterocycles. The minimum Gasteiger partial charge on any atom is -0.339 e. The fourth-order valence-corrected chi connectivity index (χ4v) is 4.83. The number of unbranched alkanes of at least 4 members (excludes halogenated alkanes) is 2. The van der Waals surface area contributed by atoms with E-state index >= 15 is 0 Å². The van der Waals surface area contributed by atoms with E-state index in [4.69, 9.17) is 4.98 Å². The lowest BCUT2D eigenvalue weighted by molar-refractivity contribution is 0.0793. The molecule has 0 N–H and O–H groups in total. The van der Waals surface area contributed by atoms with Crippen molar-refractivity contribution < 1.29 is 4.79 Å². The Morgan fingerprint density at radius 2 is 1.97 bits per heavy atom. The van der Waals surface area contributed by atoms with Gasteiger partial charge in [0.1, 0.15) is 0 Å². The molecule has 1 saturated heterocycles. The highest BCUT2D eigenvalue weighted by Gasteiger charge is 2.21. The second-order valence-electron chi connectivity index (χ2n) is 7.90. The highest BCUT2D eigenvalue weighted by Crippen LogP contribution is 2.23. The maximum Gasteiger partial charge on any atom is 0.262 e. The van der Waals surface area contributed by atoms with Gasteiger partial charge in [-0.2, -0.15) is 0 Å². The predicted molar refractivity (Wildman–Crippen MR) is 124 cm³/mol. The third-order valence-electron chi connectivity index (χ3n) is 5.62. The molecule has 1 fully saturated rings. The molecule has 0 aliphatic carbocycles. The summed E-state index contributed by atoms with van der Waals surface area (Å²) in [6.45, 7) is 4.40. The summed E-state index contributed by atoms with van der Waals surface area (Å²) in [5.74, 6) is 0.662. The summed E-state index contributed by atoms with van der Waals surface area (Å²) >= 11 is 1.52. The van der Waals surface area contributed by atoms with Gasteiger partial charge in [0.25, 0.3) is 11.5 Å². The standard InChI is InChI=1S/C24H28N4O2S/c1-2-3-6-15-28-23(30)20-11-10-18(22(29)27-13-7-8-14-27)16-21(20)26-24(28)31-17-19-9-4-5-12-25-19/h4-5,9-12,16H,2-3,6-8,13-15,17H2,1H3. The van der Waals surface area contributed by atoms with Gasteiger partial charge in [-0.25, -0.2) is 4.98 Å². The number of carbonyl (C=O) groups is 1. The van der Waals surface area contributed by atoms with Gasteiger partial charge in [0.05, 0.1) is 16.6 Å². The molecule has 3 heterocycles. The Bertz CT molecular complexity index is 1110. The van der Waals surface area contributed by atoms with Crippen molar-refractivity contribution in [1.29, 1.82) is 0 Å². The number of hydrogen-bond donors (Lipinski definition) is 0. The fourth-order valence-electron chi connectivity index (χ4n) is 3.89. The van der Waals surface area contributed by atoms with Gasteiger partial charge in [-0.05, 0) is 49.6 Å². The zero-order chi connectivity index (χ0) is 21.6. The summed E-state index contributed by atoms with van der Waals surface area (Å²) in [6.07, 6.45) is 6.97. The van der Waals surface area contributed by atoms with Crippen molar-refractivity contribution in [3.05, 3.63) is 64.2 Å². The van der Waals surface area contributed by atoms with Gasteiger partial charge in [0, 0.05) is 37.1 Å². The number of thioether (sulfide) groups is 1. The van der Waals surface area contributed by atoms with Crippen LogP contribution in [0.4, 0.5) is 0 Å². The van der Waals surface area contributed by atoms with Crippen LogP contribution in [0.1, 0.15) is 55.1 Å². The van der Waals surface area contributed by atoms with Gasteiger partial charge >= 0.3 is 0 Å². The molecule has 0 unspecified atom stereocenters. The van der Waals surface area contributed by atoms with E-state index in [0.717, 1.165) is 50.9 Å². The molecule has 0 spiro atoms. The van der Waals surface area contributed by atoms with E-state index in [0.29, 0.717) is 33.9 Å². The van der Waals surface area contributed by atoms with E-state index in [1.54, 1.807) is 29.0 Å². The second-order valence-corrected chi connectivity index (χ2v) is 8.84. The van der Waals surface area contributed by atoms with Crippen molar-refractivity contribution in [2.24, 2.45) is 0 Å². The first-order valence-electron chi connectivity index (χ1n) is 11.0. The molecule has 7 heteroatoms. The molecule has 0 bridgehead atoms. The molecule has 162 valence electrons. The Morgan fingerprint density at radius 3 is 2.71 bits per heavy atom. The average Bonchev–Trinajstić information content (AvgIpc) is 3.34. The largest absolute Gasteiger partial charge is 0.339 e. The number of pyridine rings is 1. The van der Waals surface area contributed by atoms with Crippen molar-refractivity contribution in [2.45, 2.75) is 56.5 Å². The topological polar surface area (TPSA) is 68.1 Å². The van der Waals surface area contributed by atoms with Crippen LogP contribution in [0.25, 0.3) is 10.9 Å². The SMILES string of the molecule is CCCCCn1c(SCc2ccccn2)nc2cc(C(=O)N3CCCC3)ccc2c1=O. The molecule has 3 aromatic rings. The Kier molecular flexibility index (Phi) is 7.02. The van der Waals surface area contributed by atoms with Gasteiger partial charge in [-0.15, -0.1) is 0 Å². The van der Waals surface area contributed by atoms with Crippen molar-refractivity contribution in [3.63, 3.8) is 0 Å². The maximum atomic E-state index is 13.3. The lowest BCUT2D eigenvalue weighted by Crippen LogP contribution is -2.28. The fraction of sp³-hybridized carbons (Fsp3) is 0.417. The highest BCUT2D eigenvalue weighted by atomic mass is 32.2. The van der Waals surface area contributed by atoms with Gasteiger partial charge in [-0.1, -0.05) is 37.6 Å². The van der Waals surface area contributed by atoms with E-state index in [2.05, 4.69) is 11.9 Å². The Morgan fingerprint density at radius 1 is 1.13 bits per heavy atom. The molecule has 2 aromatic heterocycles. The van der Waals surface area contributed by atoms with E-state index in [-0.39, 0.29) is 11.5 Å². The lowest BCUT2D eigenvalue weighted by Gasteiger charge is -2.16. The van der Waals surface area contributed by atoms with Crippen LogP contribution in [0.2, 0.25) is 0 Å². The number of aromatic nitrogens is 3. The first kappa shape index (κ1) is 21.6. The van der Waals surface area contributed by atoms with Crippen LogP contribution in [0.3, 0.4) is 0 Å². The Labute approximate surface area is 186 Å². The number of benzene rings is 1. The van der Waals surface area contributed by atoms with Gasteiger partial charge in [-0.3, -0.25) is 19.1 Å². The second kappa shape index (κ2) is 10.1. The normalized spacial score (nSPS) is 13.8. The summed E-state index contributed by atoms with van der Waals surface area (Å²) in [6, 6.07) is 11.1. The summed E-state index contributed by atoms with van der Waals surface area (Å²) in [5.41, 5.74) is 2.10. The maximum absolute atomic E-state index is 13.3. The van der Waals surface area contributed by atoms with Crippen molar-refractivity contribution in [1.82, 2.24) is 19.4 Å². The smallest absolute Gasteiger partial charge is 0.262 e.